The molecule has 2 amide bonds. The summed E-state index contributed by atoms with van der Waals surface area (Å²) in [5, 5.41) is 18.9. The van der Waals surface area contributed by atoms with Gasteiger partial charge in [0.2, 0.25) is 6.79 Å². The van der Waals surface area contributed by atoms with E-state index in [1.165, 1.54) is 11.3 Å². The van der Waals surface area contributed by atoms with Crippen molar-refractivity contribution in [1.82, 2.24) is 10.6 Å². The van der Waals surface area contributed by atoms with E-state index in [-0.39, 0.29) is 12.8 Å². The Hall–Kier alpha value is -2.76. The summed E-state index contributed by atoms with van der Waals surface area (Å²) in [4.78, 5) is 13.3. The van der Waals surface area contributed by atoms with E-state index in [2.05, 4.69) is 22.0 Å². The topological polar surface area (TPSA) is 95.4 Å². The first kappa shape index (κ1) is 15.7. The summed E-state index contributed by atoms with van der Waals surface area (Å²) in [7, 11) is 0. The second-order valence-electron chi connectivity index (χ2n) is 5.74. The van der Waals surface area contributed by atoms with E-state index >= 15 is 0 Å². The number of hydrogen-bond donors (Lipinski definition) is 3. The van der Waals surface area contributed by atoms with Crippen LogP contribution < -0.4 is 25.4 Å². The summed E-state index contributed by atoms with van der Waals surface area (Å²) in [6, 6.07) is 7.44. The van der Waals surface area contributed by atoms with Crippen LogP contribution in [0.5, 0.6) is 11.5 Å². The van der Waals surface area contributed by atoms with Gasteiger partial charge in [-0.1, -0.05) is 6.07 Å². The smallest absolute Gasteiger partial charge is 0.320 e. The predicted octanol–water partition coefficient (Wildman–Crippen LogP) is 2.32. The molecule has 0 radical (unpaired) electrons. The molecule has 0 fully saturated rings. The minimum Gasteiger partial charge on any atom is -0.454 e. The lowest BCUT2D eigenvalue weighted by atomic mass is 10.1. The predicted molar refractivity (Wildman–Crippen MR) is 92.9 cm³/mol. The van der Waals surface area contributed by atoms with Crippen LogP contribution in [0.1, 0.15) is 21.6 Å². The molecule has 7 nitrogen and oxygen atoms in total. The summed E-state index contributed by atoms with van der Waals surface area (Å²) in [5.74, 6) is 1.40. The largest absolute Gasteiger partial charge is 0.454 e. The molecule has 1 aromatic heterocycles. The van der Waals surface area contributed by atoms with Gasteiger partial charge in [0.25, 0.3) is 0 Å². The number of ether oxygens (including phenoxy) is 2. The highest BCUT2D eigenvalue weighted by Crippen LogP contribution is 2.35. The van der Waals surface area contributed by atoms with Crippen LogP contribution in [0.4, 0.5) is 9.80 Å². The molecule has 0 saturated heterocycles. The Morgan fingerprint density at radius 2 is 2.24 bits per heavy atom. The fourth-order valence-corrected chi connectivity index (χ4v) is 4.08. The lowest BCUT2D eigenvalue weighted by Gasteiger charge is -2.11. The van der Waals surface area contributed by atoms with Crippen LogP contribution in [0.2, 0.25) is 0 Å². The average Bonchev–Trinajstić information content (AvgIpc) is 3.23. The molecule has 2 aliphatic rings. The van der Waals surface area contributed by atoms with Crippen LogP contribution in [0.15, 0.2) is 18.2 Å². The molecule has 4 rings (SSSR count). The maximum atomic E-state index is 12.2. The fraction of sp³-hybridized carbons (Fsp3) is 0.294. The number of amides is 2. The Balaban J connectivity index is 1.41. The number of anilines is 1. The third-order valence-corrected chi connectivity index (χ3v) is 5.30. The van der Waals surface area contributed by atoms with Crippen LogP contribution in [0, 0.1) is 11.3 Å². The van der Waals surface area contributed by atoms with Crippen molar-refractivity contribution in [2.24, 2.45) is 0 Å². The van der Waals surface area contributed by atoms with E-state index in [1.54, 1.807) is 0 Å². The molecule has 25 heavy (non-hydrogen) atoms. The quantitative estimate of drug-likeness (QED) is 0.784. The van der Waals surface area contributed by atoms with Crippen molar-refractivity contribution in [3.8, 4) is 17.6 Å². The van der Waals surface area contributed by atoms with Gasteiger partial charge in [-0.3, -0.25) is 5.32 Å². The lowest BCUT2D eigenvalue weighted by Crippen LogP contribution is -2.28. The minimum absolute atomic E-state index is 0.224. The molecule has 128 valence electrons. The van der Waals surface area contributed by atoms with E-state index in [0.29, 0.717) is 28.6 Å². The Morgan fingerprint density at radius 3 is 3.12 bits per heavy atom. The second-order valence-corrected chi connectivity index (χ2v) is 6.85. The number of nitriles is 1. The Bertz CT molecular complexity index is 872. The van der Waals surface area contributed by atoms with Crippen LogP contribution >= 0.6 is 11.3 Å². The zero-order valence-corrected chi connectivity index (χ0v) is 14.2. The average molecular weight is 356 g/mol. The first-order chi connectivity index (χ1) is 12.2. The first-order valence-electron chi connectivity index (χ1n) is 7.93. The molecule has 3 N–H and O–H groups in total. The van der Waals surface area contributed by atoms with Crippen molar-refractivity contribution >= 4 is 22.4 Å². The maximum Gasteiger partial charge on any atom is 0.320 e. The van der Waals surface area contributed by atoms with Gasteiger partial charge in [0, 0.05) is 18.0 Å². The molecule has 3 heterocycles. The molecular weight excluding hydrogens is 340 g/mol. The molecule has 0 spiro atoms. The van der Waals surface area contributed by atoms with E-state index < -0.39 is 0 Å². The molecule has 1 aromatic carbocycles. The number of nitrogens with zero attached hydrogens (tertiary/aromatic N) is 1. The third kappa shape index (κ3) is 3.12. The minimum atomic E-state index is -0.333. The monoisotopic (exact) mass is 356 g/mol. The van der Waals surface area contributed by atoms with Crippen molar-refractivity contribution in [2.45, 2.75) is 19.5 Å². The zero-order valence-electron chi connectivity index (χ0n) is 13.3. The zero-order chi connectivity index (χ0) is 17.2. The Kier molecular flexibility index (Phi) is 4.17. The van der Waals surface area contributed by atoms with Crippen molar-refractivity contribution in [1.29, 1.82) is 5.26 Å². The molecule has 0 unspecified atom stereocenters. The molecule has 0 bridgehead atoms. The molecule has 0 aliphatic carbocycles. The molecule has 0 atom stereocenters. The van der Waals surface area contributed by atoms with Gasteiger partial charge in [-0.2, -0.15) is 5.26 Å². The summed E-state index contributed by atoms with van der Waals surface area (Å²) in [6.07, 6.45) is 0.815. The summed E-state index contributed by atoms with van der Waals surface area (Å²) < 4.78 is 10.6. The van der Waals surface area contributed by atoms with Gasteiger partial charge >= 0.3 is 6.03 Å². The van der Waals surface area contributed by atoms with Gasteiger partial charge in [-0.25, -0.2) is 4.79 Å². The van der Waals surface area contributed by atoms with Gasteiger partial charge in [0.05, 0.1) is 5.56 Å². The van der Waals surface area contributed by atoms with E-state index in [0.717, 1.165) is 35.5 Å². The maximum absolute atomic E-state index is 12.2. The number of rotatable bonds is 3. The summed E-state index contributed by atoms with van der Waals surface area (Å²) in [5.41, 5.74) is 2.55. The number of nitrogens with one attached hydrogen (secondary N) is 3. The second kappa shape index (κ2) is 6.63. The molecule has 2 aromatic rings. The lowest BCUT2D eigenvalue weighted by molar-refractivity contribution is 0.174. The molecule has 0 saturated carbocycles. The molecule has 2 aliphatic heterocycles. The van der Waals surface area contributed by atoms with Crippen molar-refractivity contribution in [3.63, 3.8) is 0 Å². The normalized spacial score (nSPS) is 14.5. The van der Waals surface area contributed by atoms with Crippen LogP contribution in [0.25, 0.3) is 0 Å². The Morgan fingerprint density at radius 1 is 1.36 bits per heavy atom. The highest BCUT2D eigenvalue weighted by atomic mass is 32.1. The third-order valence-electron chi connectivity index (χ3n) is 4.16. The number of hydrogen-bond acceptors (Lipinski definition) is 6. The number of urea groups is 1. The van der Waals surface area contributed by atoms with Gasteiger partial charge in [0.15, 0.2) is 11.5 Å². The van der Waals surface area contributed by atoms with Crippen molar-refractivity contribution < 1.29 is 14.3 Å². The van der Waals surface area contributed by atoms with Gasteiger partial charge in [-0.15, -0.1) is 11.3 Å². The highest BCUT2D eigenvalue weighted by Gasteiger charge is 2.21. The van der Waals surface area contributed by atoms with Crippen LogP contribution in [-0.2, 0) is 19.5 Å². The van der Waals surface area contributed by atoms with Crippen LogP contribution in [-0.4, -0.2) is 19.4 Å². The van der Waals surface area contributed by atoms with E-state index in [1.807, 2.05) is 18.2 Å². The standard InChI is InChI=1S/C17H16N4O3S/c18-6-12-11-3-4-19-8-15(11)25-16(12)21-17(22)20-7-10-1-2-13-14(5-10)24-9-23-13/h1-2,5,19H,3-4,7-9H2,(H2,20,21,22). The van der Waals surface area contributed by atoms with E-state index in [9.17, 15) is 10.1 Å². The van der Waals surface area contributed by atoms with Crippen molar-refractivity contribution in [2.75, 3.05) is 18.7 Å². The number of carbonyl (C=O) groups excluding carboxylic acids is 1. The van der Waals surface area contributed by atoms with Gasteiger partial charge < -0.3 is 20.1 Å². The number of benzene rings is 1. The number of carbonyl (C=O) groups is 1. The van der Waals surface area contributed by atoms with Gasteiger partial charge in [-0.05, 0) is 36.2 Å². The molecular formula is C17H16N4O3S. The Labute approximate surface area is 148 Å². The van der Waals surface area contributed by atoms with E-state index in [4.69, 9.17) is 9.47 Å². The van der Waals surface area contributed by atoms with Crippen molar-refractivity contribution in [3.05, 3.63) is 39.8 Å². The van der Waals surface area contributed by atoms with Crippen LogP contribution in [0.3, 0.4) is 0 Å². The first-order valence-corrected chi connectivity index (χ1v) is 8.75. The SMILES string of the molecule is N#Cc1c(NC(=O)NCc2ccc3c(c2)OCO3)sc2c1CCNC2. The summed E-state index contributed by atoms with van der Waals surface area (Å²) >= 11 is 1.46. The number of fused-ring (bicyclic) bond motifs is 2. The highest BCUT2D eigenvalue weighted by molar-refractivity contribution is 7.16. The summed E-state index contributed by atoms with van der Waals surface area (Å²) in [6.45, 7) is 2.18. The number of thiophene rings is 1. The van der Waals surface area contributed by atoms with Gasteiger partial charge in [0.1, 0.15) is 11.1 Å². The fourth-order valence-electron chi connectivity index (χ4n) is 2.92. The molecule has 8 heteroatoms.